The van der Waals surface area contributed by atoms with Crippen LogP contribution in [0.25, 0.3) is 0 Å². The summed E-state index contributed by atoms with van der Waals surface area (Å²) in [5.41, 5.74) is 0.322. The number of hydrogen-bond acceptors (Lipinski definition) is 4. The van der Waals surface area contributed by atoms with E-state index in [0.717, 1.165) is 25.9 Å². The molecule has 142 valence electrons. The van der Waals surface area contributed by atoms with E-state index in [1.807, 2.05) is 4.90 Å². The van der Waals surface area contributed by atoms with Gasteiger partial charge in [0.1, 0.15) is 11.4 Å². The van der Waals surface area contributed by atoms with Crippen molar-refractivity contribution in [3.8, 4) is 0 Å². The minimum atomic E-state index is -3.68. The standard InChI is InChI=1S/C17H30N4O3S/c1-12-7-9-20(10-8-12)15(22)11-21-14(3)16(13(2)18-21)25(23,24)19-17(4,5)6/h12,19H,7-11H2,1-6H3. The third kappa shape index (κ3) is 4.82. The average Bonchev–Trinajstić information content (AvgIpc) is 2.71. The molecule has 7 nitrogen and oxygen atoms in total. The molecule has 0 aromatic carbocycles. The molecule has 1 N–H and O–H groups in total. The molecule has 0 atom stereocenters. The van der Waals surface area contributed by atoms with E-state index < -0.39 is 15.6 Å². The summed E-state index contributed by atoms with van der Waals surface area (Å²) in [4.78, 5) is 14.5. The molecule has 2 rings (SSSR count). The molecule has 8 heteroatoms. The number of nitrogens with one attached hydrogen (secondary N) is 1. The van der Waals surface area contributed by atoms with Crippen molar-refractivity contribution in [2.24, 2.45) is 5.92 Å². The van der Waals surface area contributed by atoms with Crippen LogP contribution in [0.1, 0.15) is 51.9 Å². The molecule has 0 aliphatic carbocycles. The number of carbonyl (C=O) groups is 1. The van der Waals surface area contributed by atoms with Gasteiger partial charge in [-0.25, -0.2) is 13.1 Å². The Bertz CT molecular complexity index is 739. The van der Waals surface area contributed by atoms with Gasteiger partial charge in [0.15, 0.2) is 0 Å². The quantitative estimate of drug-likeness (QED) is 0.876. The van der Waals surface area contributed by atoms with Gasteiger partial charge in [-0.05, 0) is 53.4 Å². The first-order valence-corrected chi connectivity index (χ1v) is 10.2. The Morgan fingerprint density at radius 3 is 2.32 bits per heavy atom. The maximum Gasteiger partial charge on any atom is 0.244 e. The topological polar surface area (TPSA) is 84.3 Å². The molecule has 1 aliphatic heterocycles. The molecule has 2 heterocycles. The summed E-state index contributed by atoms with van der Waals surface area (Å²) < 4.78 is 29.5. The van der Waals surface area contributed by atoms with Crippen LogP contribution in [0.2, 0.25) is 0 Å². The highest BCUT2D eigenvalue weighted by Crippen LogP contribution is 2.22. The van der Waals surface area contributed by atoms with Crippen molar-refractivity contribution < 1.29 is 13.2 Å². The van der Waals surface area contributed by atoms with E-state index in [0.29, 0.717) is 17.3 Å². The molecular formula is C17H30N4O3S. The van der Waals surface area contributed by atoms with Crippen molar-refractivity contribution in [2.45, 2.75) is 71.4 Å². The van der Waals surface area contributed by atoms with Crippen molar-refractivity contribution in [3.63, 3.8) is 0 Å². The molecule has 0 bridgehead atoms. The number of carbonyl (C=O) groups excluding carboxylic acids is 1. The number of sulfonamides is 1. The molecule has 1 aromatic heterocycles. The minimum absolute atomic E-state index is 0.00905. The fourth-order valence-electron chi connectivity index (χ4n) is 3.16. The van der Waals surface area contributed by atoms with E-state index in [1.54, 1.807) is 34.6 Å². The lowest BCUT2D eigenvalue weighted by Crippen LogP contribution is -2.41. The van der Waals surface area contributed by atoms with Crippen LogP contribution in [0.15, 0.2) is 4.90 Å². The zero-order chi connectivity index (χ0) is 19.0. The van der Waals surface area contributed by atoms with Crippen LogP contribution in [-0.2, 0) is 21.4 Å². The van der Waals surface area contributed by atoms with E-state index >= 15 is 0 Å². The lowest BCUT2D eigenvalue weighted by Gasteiger charge is -2.30. The summed E-state index contributed by atoms with van der Waals surface area (Å²) >= 11 is 0. The van der Waals surface area contributed by atoms with Gasteiger partial charge < -0.3 is 4.90 Å². The van der Waals surface area contributed by atoms with Crippen molar-refractivity contribution >= 4 is 15.9 Å². The fraction of sp³-hybridized carbons (Fsp3) is 0.765. The smallest absolute Gasteiger partial charge is 0.244 e. The number of aryl methyl sites for hydroxylation is 1. The van der Waals surface area contributed by atoms with Gasteiger partial charge in [-0.1, -0.05) is 6.92 Å². The third-order valence-electron chi connectivity index (χ3n) is 4.45. The van der Waals surface area contributed by atoms with Gasteiger partial charge in [-0.15, -0.1) is 0 Å². The van der Waals surface area contributed by atoms with Crippen molar-refractivity contribution in [2.75, 3.05) is 13.1 Å². The van der Waals surface area contributed by atoms with Gasteiger partial charge >= 0.3 is 0 Å². The normalized spacial score (nSPS) is 17.1. The molecule has 0 spiro atoms. The maximum absolute atomic E-state index is 12.7. The van der Waals surface area contributed by atoms with Crippen LogP contribution in [0, 0.1) is 19.8 Å². The zero-order valence-electron chi connectivity index (χ0n) is 16.1. The first-order valence-electron chi connectivity index (χ1n) is 8.76. The van der Waals surface area contributed by atoms with E-state index in [1.165, 1.54) is 4.68 Å². The van der Waals surface area contributed by atoms with E-state index in [4.69, 9.17) is 0 Å². The summed E-state index contributed by atoms with van der Waals surface area (Å²) in [6, 6.07) is 0. The molecular weight excluding hydrogens is 340 g/mol. The Morgan fingerprint density at radius 2 is 1.80 bits per heavy atom. The number of likely N-dealkylation sites (tertiary alicyclic amines) is 1. The lowest BCUT2D eigenvalue weighted by molar-refractivity contribution is -0.133. The summed E-state index contributed by atoms with van der Waals surface area (Å²) in [6.45, 7) is 12.5. The Morgan fingerprint density at radius 1 is 1.24 bits per heavy atom. The van der Waals surface area contributed by atoms with Crippen LogP contribution in [0.5, 0.6) is 0 Å². The van der Waals surface area contributed by atoms with E-state index in [2.05, 4.69) is 16.7 Å². The molecule has 1 aliphatic rings. The molecule has 0 radical (unpaired) electrons. The first kappa shape index (κ1) is 19.9. The van der Waals surface area contributed by atoms with Gasteiger partial charge in [0.25, 0.3) is 0 Å². The van der Waals surface area contributed by atoms with Crippen LogP contribution < -0.4 is 4.72 Å². The maximum atomic E-state index is 12.7. The van der Waals surface area contributed by atoms with Gasteiger partial charge in [0.05, 0.1) is 11.4 Å². The fourth-order valence-corrected chi connectivity index (χ4v) is 5.00. The van der Waals surface area contributed by atoms with Crippen LogP contribution >= 0.6 is 0 Å². The van der Waals surface area contributed by atoms with Gasteiger partial charge in [-0.3, -0.25) is 9.48 Å². The first-order chi connectivity index (χ1) is 11.4. The molecule has 1 amide bonds. The van der Waals surface area contributed by atoms with Crippen LogP contribution in [0.4, 0.5) is 0 Å². The molecule has 1 saturated heterocycles. The largest absolute Gasteiger partial charge is 0.341 e. The Labute approximate surface area is 150 Å². The predicted octanol–water partition coefficient (Wildman–Crippen LogP) is 1.84. The molecule has 25 heavy (non-hydrogen) atoms. The summed E-state index contributed by atoms with van der Waals surface area (Å²) in [6.07, 6.45) is 2.02. The van der Waals surface area contributed by atoms with Crippen LogP contribution in [-0.4, -0.2) is 47.6 Å². The number of aromatic nitrogens is 2. The van der Waals surface area contributed by atoms with Gasteiger partial charge in [0.2, 0.25) is 15.9 Å². The monoisotopic (exact) mass is 370 g/mol. The Kier molecular flexibility index (Phi) is 5.63. The highest BCUT2D eigenvalue weighted by atomic mass is 32.2. The van der Waals surface area contributed by atoms with Gasteiger partial charge in [0, 0.05) is 18.6 Å². The molecule has 1 aromatic rings. The van der Waals surface area contributed by atoms with Crippen molar-refractivity contribution in [1.29, 1.82) is 0 Å². The summed E-state index contributed by atoms with van der Waals surface area (Å²) in [7, 11) is -3.68. The second kappa shape index (κ2) is 7.07. The second-order valence-corrected chi connectivity index (χ2v) is 9.70. The molecule has 0 unspecified atom stereocenters. The van der Waals surface area contributed by atoms with Gasteiger partial charge in [-0.2, -0.15) is 5.10 Å². The minimum Gasteiger partial charge on any atom is -0.341 e. The number of rotatable bonds is 4. The highest BCUT2D eigenvalue weighted by Gasteiger charge is 2.29. The second-order valence-electron chi connectivity index (χ2n) is 8.08. The predicted molar refractivity (Wildman–Crippen MR) is 96.8 cm³/mol. The van der Waals surface area contributed by atoms with Crippen LogP contribution in [0.3, 0.4) is 0 Å². The van der Waals surface area contributed by atoms with Crippen molar-refractivity contribution in [1.82, 2.24) is 19.4 Å². The summed E-state index contributed by atoms with van der Waals surface area (Å²) in [5, 5.41) is 4.31. The summed E-state index contributed by atoms with van der Waals surface area (Å²) in [5.74, 6) is 0.642. The number of amides is 1. The number of nitrogens with zero attached hydrogens (tertiary/aromatic N) is 3. The molecule has 0 saturated carbocycles. The Hall–Kier alpha value is -1.41. The average molecular weight is 371 g/mol. The highest BCUT2D eigenvalue weighted by molar-refractivity contribution is 7.89. The third-order valence-corrected chi connectivity index (χ3v) is 6.46. The SMILES string of the molecule is Cc1nn(CC(=O)N2CCC(C)CC2)c(C)c1S(=O)(=O)NC(C)(C)C. The molecule has 1 fully saturated rings. The van der Waals surface area contributed by atoms with E-state index in [-0.39, 0.29) is 17.3 Å². The lowest BCUT2D eigenvalue weighted by atomic mass is 9.99. The zero-order valence-corrected chi connectivity index (χ0v) is 16.9. The number of hydrogen-bond donors (Lipinski definition) is 1. The number of piperidine rings is 1. The van der Waals surface area contributed by atoms with E-state index in [9.17, 15) is 13.2 Å². The Balaban J connectivity index is 2.20. The van der Waals surface area contributed by atoms with Crippen molar-refractivity contribution in [3.05, 3.63) is 11.4 Å².